The van der Waals surface area contributed by atoms with E-state index in [2.05, 4.69) is 0 Å². The molecule has 0 aromatic heterocycles. The number of carboxylic acids is 1. The Labute approximate surface area is 146 Å². The summed E-state index contributed by atoms with van der Waals surface area (Å²) in [7, 11) is 0. The third-order valence-electron chi connectivity index (χ3n) is 5.15. The number of hydrogen-bond acceptors (Lipinski definition) is 3. The van der Waals surface area contributed by atoms with Gasteiger partial charge in [0.2, 0.25) is 0 Å². The van der Waals surface area contributed by atoms with Crippen LogP contribution in [0, 0.1) is 18.8 Å². The lowest BCUT2D eigenvalue weighted by Gasteiger charge is -2.35. The molecule has 1 unspecified atom stereocenters. The lowest BCUT2D eigenvalue weighted by atomic mass is 9.84. The Morgan fingerprint density at radius 2 is 1.96 bits per heavy atom. The first kappa shape index (κ1) is 17.2. The van der Waals surface area contributed by atoms with Crippen LogP contribution in [0.1, 0.15) is 35.2 Å². The predicted molar refractivity (Wildman–Crippen MR) is 90.3 cm³/mol. The molecule has 1 aromatic carbocycles. The highest BCUT2D eigenvalue weighted by atomic mass is 35.5. The molecule has 5 nitrogen and oxygen atoms in total. The van der Waals surface area contributed by atoms with Gasteiger partial charge in [0, 0.05) is 30.3 Å². The topological polar surface area (TPSA) is 66.8 Å². The Morgan fingerprint density at radius 1 is 1.25 bits per heavy atom. The zero-order valence-corrected chi connectivity index (χ0v) is 14.5. The molecular formula is C18H22ClNO4. The van der Waals surface area contributed by atoms with Gasteiger partial charge in [-0.05, 0) is 55.9 Å². The number of amides is 1. The number of ether oxygens (including phenoxy) is 1. The minimum atomic E-state index is -0.771. The van der Waals surface area contributed by atoms with E-state index in [0.29, 0.717) is 36.7 Å². The first-order valence-electron chi connectivity index (χ1n) is 8.37. The van der Waals surface area contributed by atoms with Gasteiger partial charge in [0.1, 0.15) is 0 Å². The monoisotopic (exact) mass is 351 g/mol. The molecule has 2 aliphatic rings. The van der Waals surface area contributed by atoms with Crippen LogP contribution in [-0.4, -0.2) is 47.7 Å². The van der Waals surface area contributed by atoms with Crippen LogP contribution in [0.25, 0.3) is 0 Å². The van der Waals surface area contributed by atoms with E-state index < -0.39 is 11.9 Å². The van der Waals surface area contributed by atoms with Gasteiger partial charge in [0.05, 0.1) is 12.0 Å². The number of carbonyl (C=O) groups is 2. The largest absolute Gasteiger partial charge is 0.481 e. The van der Waals surface area contributed by atoms with Crippen molar-refractivity contribution in [2.75, 3.05) is 19.7 Å². The number of likely N-dealkylation sites (tertiary alicyclic amines) is 1. The van der Waals surface area contributed by atoms with E-state index in [1.165, 1.54) is 0 Å². The number of hydrogen-bond donors (Lipinski definition) is 1. The first-order chi connectivity index (χ1) is 11.5. The maximum atomic E-state index is 12.6. The molecule has 2 atom stereocenters. The fourth-order valence-electron chi connectivity index (χ4n) is 3.73. The number of carbonyl (C=O) groups excluding carboxylic acids is 1. The summed E-state index contributed by atoms with van der Waals surface area (Å²) in [6.45, 7) is 3.67. The molecule has 130 valence electrons. The number of carboxylic acid groups (broad SMARTS) is 1. The molecule has 24 heavy (non-hydrogen) atoms. The van der Waals surface area contributed by atoms with Crippen LogP contribution in [0.4, 0.5) is 0 Å². The standard InChI is InChI=1S/C18H22ClNO4/c1-11-10-13(2-3-15(11)19)17(21)20-7-4-12(5-8-20)16-14(18(22)23)6-9-24-16/h2-3,10,12,14,16H,4-9H2,1H3,(H,22,23)/t14?,16-/m0/s1. The van der Waals surface area contributed by atoms with Gasteiger partial charge in [-0.25, -0.2) is 0 Å². The van der Waals surface area contributed by atoms with E-state index in [1.807, 2.05) is 17.9 Å². The molecule has 0 bridgehead atoms. The van der Waals surface area contributed by atoms with E-state index in [1.54, 1.807) is 12.1 Å². The number of halogens is 1. The van der Waals surface area contributed by atoms with E-state index in [9.17, 15) is 14.7 Å². The van der Waals surface area contributed by atoms with Crippen LogP contribution in [0.2, 0.25) is 5.02 Å². The number of rotatable bonds is 3. The van der Waals surface area contributed by atoms with Gasteiger partial charge < -0.3 is 14.7 Å². The lowest BCUT2D eigenvalue weighted by molar-refractivity contribution is -0.145. The van der Waals surface area contributed by atoms with Crippen molar-refractivity contribution in [2.24, 2.45) is 11.8 Å². The summed E-state index contributed by atoms with van der Waals surface area (Å²) in [4.78, 5) is 25.8. The van der Waals surface area contributed by atoms with Gasteiger partial charge in [0.25, 0.3) is 5.91 Å². The molecule has 1 aromatic rings. The molecule has 0 radical (unpaired) electrons. The fraction of sp³-hybridized carbons (Fsp3) is 0.556. The van der Waals surface area contributed by atoms with E-state index in [-0.39, 0.29) is 17.9 Å². The highest BCUT2D eigenvalue weighted by Gasteiger charge is 2.40. The smallest absolute Gasteiger partial charge is 0.309 e. The molecule has 3 rings (SSSR count). The third-order valence-corrected chi connectivity index (χ3v) is 5.57. The minimum Gasteiger partial charge on any atom is -0.481 e. The molecular weight excluding hydrogens is 330 g/mol. The van der Waals surface area contributed by atoms with Crippen LogP contribution >= 0.6 is 11.6 Å². The molecule has 2 aliphatic heterocycles. The summed E-state index contributed by atoms with van der Waals surface area (Å²) >= 11 is 6.02. The summed E-state index contributed by atoms with van der Waals surface area (Å²) in [6, 6.07) is 5.32. The Balaban J connectivity index is 1.61. The lowest BCUT2D eigenvalue weighted by Crippen LogP contribution is -2.43. The van der Waals surface area contributed by atoms with Crippen molar-refractivity contribution in [3.8, 4) is 0 Å². The van der Waals surface area contributed by atoms with Crippen LogP contribution in [0.15, 0.2) is 18.2 Å². The predicted octanol–water partition coefficient (Wildman–Crippen LogP) is 2.99. The van der Waals surface area contributed by atoms with Gasteiger partial charge in [-0.15, -0.1) is 0 Å². The molecule has 0 spiro atoms. The van der Waals surface area contributed by atoms with E-state index in [4.69, 9.17) is 16.3 Å². The Hall–Kier alpha value is -1.59. The fourth-order valence-corrected chi connectivity index (χ4v) is 3.85. The number of nitrogens with zero attached hydrogens (tertiary/aromatic N) is 1. The third kappa shape index (κ3) is 3.42. The molecule has 0 aliphatic carbocycles. The normalized spacial score (nSPS) is 25.0. The van der Waals surface area contributed by atoms with Gasteiger partial charge in [-0.1, -0.05) is 11.6 Å². The van der Waals surface area contributed by atoms with Crippen molar-refractivity contribution < 1.29 is 19.4 Å². The maximum Gasteiger partial charge on any atom is 0.309 e. The number of piperidine rings is 1. The molecule has 1 amide bonds. The van der Waals surface area contributed by atoms with Gasteiger partial charge in [-0.3, -0.25) is 9.59 Å². The van der Waals surface area contributed by atoms with Gasteiger partial charge in [-0.2, -0.15) is 0 Å². The van der Waals surface area contributed by atoms with Crippen molar-refractivity contribution in [3.63, 3.8) is 0 Å². The average molecular weight is 352 g/mol. The van der Waals surface area contributed by atoms with Crippen LogP contribution in [0.5, 0.6) is 0 Å². The van der Waals surface area contributed by atoms with Crippen molar-refractivity contribution in [2.45, 2.75) is 32.3 Å². The number of aliphatic carboxylic acids is 1. The van der Waals surface area contributed by atoms with Crippen LogP contribution in [-0.2, 0) is 9.53 Å². The van der Waals surface area contributed by atoms with Crippen molar-refractivity contribution in [1.29, 1.82) is 0 Å². The maximum absolute atomic E-state index is 12.6. The second kappa shape index (κ2) is 7.11. The molecule has 2 heterocycles. The zero-order valence-electron chi connectivity index (χ0n) is 13.7. The molecule has 1 N–H and O–H groups in total. The number of benzene rings is 1. The number of aryl methyl sites for hydroxylation is 1. The zero-order chi connectivity index (χ0) is 17.3. The summed E-state index contributed by atoms with van der Waals surface area (Å²) in [6.07, 6.45) is 1.94. The second-order valence-corrected chi connectivity index (χ2v) is 7.07. The highest BCUT2D eigenvalue weighted by molar-refractivity contribution is 6.31. The van der Waals surface area contributed by atoms with Crippen molar-refractivity contribution >= 4 is 23.5 Å². The quantitative estimate of drug-likeness (QED) is 0.909. The Bertz CT molecular complexity index is 640. The SMILES string of the molecule is Cc1cc(C(=O)N2CCC([C@@H]3OCCC3C(=O)O)CC2)ccc1Cl. The van der Waals surface area contributed by atoms with Crippen molar-refractivity contribution in [3.05, 3.63) is 34.3 Å². The minimum absolute atomic E-state index is 0.00958. The second-order valence-electron chi connectivity index (χ2n) is 6.66. The van der Waals surface area contributed by atoms with Crippen molar-refractivity contribution in [1.82, 2.24) is 4.90 Å². The highest BCUT2D eigenvalue weighted by Crippen LogP contribution is 2.33. The Kier molecular flexibility index (Phi) is 5.11. The van der Waals surface area contributed by atoms with Crippen LogP contribution in [0.3, 0.4) is 0 Å². The molecule has 2 saturated heterocycles. The van der Waals surface area contributed by atoms with Gasteiger partial charge in [0.15, 0.2) is 0 Å². The molecule has 6 heteroatoms. The van der Waals surface area contributed by atoms with E-state index >= 15 is 0 Å². The summed E-state index contributed by atoms with van der Waals surface area (Å²) in [5, 5.41) is 9.95. The summed E-state index contributed by atoms with van der Waals surface area (Å²) in [5.41, 5.74) is 1.54. The first-order valence-corrected chi connectivity index (χ1v) is 8.75. The van der Waals surface area contributed by atoms with Crippen LogP contribution < -0.4 is 0 Å². The van der Waals surface area contributed by atoms with E-state index in [0.717, 1.165) is 18.4 Å². The molecule has 0 saturated carbocycles. The summed E-state index contributed by atoms with van der Waals surface area (Å²) in [5.74, 6) is -0.955. The Morgan fingerprint density at radius 3 is 2.58 bits per heavy atom. The van der Waals surface area contributed by atoms with Gasteiger partial charge >= 0.3 is 5.97 Å². The summed E-state index contributed by atoms with van der Waals surface area (Å²) < 4.78 is 5.68. The average Bonchev–Trinajstić information content (AvgIpc) is 3.07. The molecule has 2 fully saturated rings.